The molecule has 0 bridgehead atoms. The highest BCUT2D eigenvalue weighted by Gasteiger charge is 2.35. The first-order chi connectivity index (χ1) is 12.7. The summed E-state index contributed by atoms with van der Waals surface area (Å²) in [5.74, 6) is -1.47. The number of hydrogen-bond acceptors (Lipinski definition) is 5. The number of fused-ring (bicyclic) bond motifs is 1. The van der Waals surface area contributed by atoms with E-state index < -0.39 is 12.0 Å². The summed E-state index contributed by atoms with van der Waals surface area (Å²) in [6.07, 6.45) is -4.65. The number of hydrogen-bond donors (Lipinski definition) is 0. The number of thioether (sulfide) groups is 1. The van der Waals surface area contributed by atoms with Crippen LogP contribution in [-0.4, -0.2) is 33.6 Å². The van der Waals surface area contributed by atoms with Crippen molar-refractivity contribution in [1.29, 1.82) is 0 Å². The van der Waals surface area contributed by atoms with Gasteiger partial charge in [0.15, 0.2) is 0 Å². The Balaban J connectivity index is 1.76. The summed E-state index contributed by atoms with van der Waals surface area (Å²) in [7, 11) is 1.63. The van der Waals surface area contributed by atoms with Crippen LogP contribution in [0.5, 0.6) is 0 Å². The fourth-order valence-electron chi connectivity index (χ4n) is 2.28. The van der Waals surface area contributed by atoms with Crippen LogP contribution in [0.1, 0.15) is 10.7 Å². The van der Waals surface area contributed by atoms with E-state index >= 15 is 0 Å². The zero-order valence-corrected chi connectivity index (χ0v) is 16.3. The molecule has 27 heavy (non-hydrogen) atoms. The number of aromatic nitrogens is 2. The van der Waals surface area contributed by atoms with Crippen LogP contribution in [0.15, 0.2) is 41.4 Å². The summed E-state index contributed by atoms with van der Waals surface area (Å²) < 4.78 is 39.8. The molecule has 0 aliphatic rings. The van der Waals surface area contributed by atoms with Crippen molar-refractivity contribution >= 4 is 51.5 Å². The molecule has 0 aliphatic heterocycles. The van der Waals surface area contributed by atoms with Gasteiger partial charge >= 0.3 is 6.18 Å². The van der Waals surface area contributed by atoms with E-state index in [2.05, 4.69) is 9.97 Å². The molecule has 0 atom stereocenters. The minimum atomic E-state index is -4.65. The molecule has 1 aromatic carbocycles. The van der Waals surface area contributed by atoms with Crippen LogP contribution in [0.2, 0.25) is 4.34 Å². The summed E-state index contributed by atoms with van der Waals surface area (Å²) in [6, 6.07) is 10.0. The molecule has 3 rings (SSSR count). The number of rotatable bonds is 5. The van der Waals surface area contributed by atoms with Gasteiger partial charge in [-0.05, 0) is 18.2 Å². The number of alkyl halides is 3. The van der Waals surface area contributed by atoms with E-state index in [-0.39, 0.29) is 22.2 Å². The lowest BCUT2D eigenvalue weighted by Gasteiger charge is -2.16. The summed E-state index contributed by atoms with van der Waals surface area (Å²) in [6.45, 7) is 0.384. The highest BCUT2D eigenvalue weighted by molar-refractivity contribution is 8.00. The van der Waals surface area contributed by atoms with Gasteiger partial charge in [0, 0.05) is 17.3 Å². The van der Waals surface area contributed by atoms with Gasteiger partial charge in [-0.2, -0.15) is 13.2 Å². The summed E-state index contributed by atoms with van der Waals surface area (Å²) in [4.78, 5) is 22.0. The topological polar surface area (TPSA) is 46.1 Å². The minimum absolute atomic E-state index is 0.0338. The lowest BCUT2D eigenvalue weighted by Crippen LogP contribution is -2.27. The Kier molecular flexibility index (Phi) is 5.92. The van der Waals surface area contributed by atoms with Gasteiger partial charge in [-0.25, -0.2) is 9.97 Å². The van der Waals surface area contributed by atoms with Crippen molar-refractivity contribution in [2.75, 3.05) is 12.8 Å². The lowest BCUT2D eigenvalue weighted by atomic mass is 10.2. The third kappa shape index (κ3) is 4.91. The van der Waals surface area contributed by atoms with Crippen molar-refractivity contribution in [3.05, 3.63) is 51.4 Å². The molecule has 3 aromatic rings. The molecule has 0 radical (unpaired) electrons. The van der Waals surface area contributed by atoms with Crippen molar-refractivity contribution < 1.29 is 18.0 Å². The molecule has 142 valence electrons. The van der Waals surface area contributed by atoms with E-state index in [9.17, 15) is 18.0 Å². The van der Waals surface area contributed by atoms with Gasteiger partial charge in [0.05, 0.1) is 22.2 Å². The fourth-order valence-corrected chi connectivity index (χ4v) is 4.38. The van der Waals surface area contributed by atoms with E-state index in [4.69, 9.17) is 11.6 Å². The van der Waals surface area contributed by atoms with Crippen LogP contribution in [-0.2, 0) is 17.5 Å². The zero-order chi connectivity index (χ0) is 19.6. The van der Waals surface area contributed by atoms with Gasteiger partial charge in [-0.1, -0.05) is 41.6 Å². The SMILES string of the molecule is CN(Cc1ccc(Cl)s1)C(=O)CSc1nc(C(F)(F)F)nc2ccccc12. The van der Waals surface area contributed by atoms with Gasteiger partial charge in [-0.15, -0.1) is 11.3 Å². The second kappa shape index (κ2) is 8.04. The summed E-state index contributed by atoms with van der Waals surface area (Å²) in [5, 5.41) is 0.616. The molecule has 0 saturated carbocycles. The standard InChI is InChI=1S/C17H13ClF3N3OS2/c1-24(8-10-6-7-13(18)27-10)14(25)9-26-15-11-4-2-3-5-12(11)22-16(23-15)17(19,20)21/h2-7H,8-9H2,1H3. The molecule has 0 spiro atoms. The number of benzene rings is 1. The van der Waals surface area contributed by atoms with Crippen LogP contribution in [0, 0.1) is 0 Å². The van der Waals surface area contributed by atoms with Gasteiger partial charge < -0.3 is 4.90 Å². The monoisotopic (exact) mass is 431 g/mol. The first kappa shape index (κ1) is 19.9. The second-order valence-electron chi connectivity index (χ2n) is 5.61. The Bertz CT molecular complexity index is 977. The smallest absolute Gasteiger partial charge is 0.340 e. The molecule has 0 N–H and O–H groups in total. The largest absolute Gasteiger partial charge is 0.451 e. The molecular formula is C17H13ClF3N3OS2. The maximum absolute atomic E-state index is 13.0. The predicted molar refractivity (Wildman–Crippen MR) is 101 cm³/mol. The van der Waals surface area contributed by atoms with Crippen LogP contribution in [0.4, 0.5) is 13.2 Å². The minimum Gasteiger partial charge on any atom is -0.340 e. The zero-order valence-electron chi connectivity index (χ0n) is 14.0. The van der Waals surface area contributed by atoms with E-state index in [0.29, 0.717) is 16.3 Å². The molecule has 0 saturated heterocycles. The molecule has 0 aliphatic carbocycles. The Hall–Kier alpha value is -1.84. The number of carbonyl (C=O) groups excluding carboxylic acids is 1. The molecule has 4 nitrogen and oxygen atoms in total. The first-order valence-electron chi connectivity index (χ1n) is 7.69. The van der Waals surface area contributed by atoms with Crippen molar-refractivity contribution in [3.8, 4) is 0 Å². The average molecular weight is 432 g/mol. The number of nitrogens with zero attached hydrogens (tertiary/aromatic N) is 3. The normalized spacial score (nSPS) is 11.7. The van der Waals surface area contributed by atoms with Crippen LogP contribution in [0.25, 0.3) is 10.9 Å². The number of carbonyl (C=O) groups is 1. The van der Waals surface area contributed by atoms with Crippen molar-refractivity contribution in [1.82, 2.24) is 14.9 Å². The maximum atomic E-state index is 13.0. The van der Waals surface area contributed by atoms with Crippen molar-refractivity contribution in [2.24, 2.45) is 0 Å². The van der Waals surface area contributed by atoms with Gasteiger partial charge in [0.2, 0.25) is 11.7 Å². The van der Waals surface area contributed by atoms with E-state index in [1.54, 1.807) is 31.3 Å². The first-order valence-corrected chi connectivity index (χ1v) is 9.87. The quantitative estimate of drug-likeness (QED) is 0.416. The summed E-state index contributed by atoms with van der Waals surface area (Å²) >= 11 is 8.22. The van der Waals surface area contributed by atoms with E-state index in [0.717, 1.165) is 16.6 Å². The predicted octanol–water partition coefficient (Wildman–Crippen LogP) is 5.11. The third-order valence-corrected chi connectivity index (χ3v) is 5.79. The molecule has 10 heteroatoms. The van der Waals surface area contributed by atoms with Crippen LogP contribution < -0.4 is 0 Å². The van der Waals surface area contributed by atoms with Gasteiger partial charge in [0.1, 0.15) is 5.03 Å². The van der Waals surface area contributed by atoms with Crippen molar-refractivity contribution in [3.63, 3.8) is 0 Å². The highest BCUT2D eigenvalue weighted by atomic mass is 35.5. The van der Waals surface area contributed by atoms with Crippen molar-refractivity contribution in [2.45, 2.75) is 17.7 Å². The van der Waals surface area contributed by atoms with Gasteiger partial charge in [0.25, 0.3) is 0 Å². The number of thiophene rings is 1. The second-order valence-corrected chi connectivity index (χ2v) is 8.38. The molecule has 2 aromatic heterocycles. The fraction of sp³-hybridized carbons (Fsp3) is 0.235. The molecular weight excluding hydrogens is 419 g/mol. The molecule has 2 heterocycles. The molecule has 1 amide bonds. The molecule has 0 fully saturated rings. The van der Waals surface area contributed by atoms with Gasteiger partial charge in [-0.3, -0.25) is 4.79 Å². The highest BCUT2D eigenvalue weighted by Crippen LogP contribution is 2.32. The van der Waals surface area contributed by atoms with Crippen LogP contribution in [0.3, 0.4) is 0 Å². The Morgan fingerprint density at radius 3 is 2.63 bits per heavy atom. The average Bonchev–Trinajstić information content (AvgIpc) is 3.03. The maximum Gasteiger partial charge on any atom is 0.451 e. The Morgan fingerprint density at radius 2 is 1.96 bits per heavy atom. The Labute approximate surface area is 166 Å². The number of halogens is 4. The van der Waals surface area contributed by atoms with E-state index in [1.807, 2.05) is 6.07 Å². The Morgan fingerprint density at radius 1 is 1.22 bits per heavy atom. The van der Waals surface area contributed by atoms with E-state index in [1.165, 1.54) is 22.3 Å². The number of amides is 1. The molecule has 0 unspecified atom stereocenters. The number of para-hydroxylation sites is 1. The summed E-state index contributed by atoms with van der Waals surface area (Å²) in [5.41, 5.74) is 0.191. The van der Waals surface area contributed by atoms with Crippen LogP contribution >= 0.6 is 34.7 Å². The lowest BCUT2D eigenvalue weighted by molar-refractivity contribution is -0.145. The third-order valence-electron chi connectivity index (χ3n) is 3.60.